The van der Waals surface area contributed by atoms with Crippen molar-refractivity contribution in [1.82, 2.24) is 10.2 Å². The molecule has 1 aliphatic heterocycles. The van der Waals surface area contributed by atoms with Gasteiger partial charge in [-0.05, 0) is 30.4 Å². The molecule has 114 valence electrons. The highest BCUT2D eigenvalue weighted by Gasteiger charge is 2.40. The van der Waals surface area contributed by atoms with Gasteiger partial charge in [0.2, 0.25) is 11.8 Å². The number of piperazine rings is 1. The second-order valence-corrected chi connectivity index (χ2v) is 6.01. The van der Waals surface area contributed by atoms with Gasteiger partial charge in [-0.15, -0.1) is 0 Å². The van der Waals surface area contributed by atoms with Crippen LogP contribution in [0.25, 0.3) is 0 Å². The van der Waals surface area contributed by atoms with Crippen molar-refractivity contribution in [1.29, 1.82) is 0 Å². The first-order valence-electron chi connectivity index (χ1n) is 7.63. The summed E-state index contributed by atoms with van der Waals surface area (Å²) >= 11 is 0. The Morgan fingerprint density at radius 3 is 2.38 bits per heavy atom. The molecule has 2 amide bonds. The molecule has 0 aliphatic carbocycles. The van der Waals surface area contributed by atoms with Crippen molar-refractivity contribution in [2.75, 3.05) is 0 Å². The third-order valence-corrected chi connectivity index (χ3v) is 4.09. The van der Waals surface area contributed by atoms with Gasteiger partial charge < -0.3 is 10.2 Å². The molecule has 0 bridgehead atoms. The molecule has 0 saturated carbocycles. The molecule has 4 heteroatoms. The molecule has 21 heavy (non-hydrogen) atoms. The SMILES string of the molecule is CCc1ccccc1CN1C(=O)C(C)NC(=O)C1C(C)C. The minimum absolute atomic E-state index is 0.000735. The highest BCUT2D eigenvalue weighted by atomic mass is 16.2. The van der Waals surface area contributed by atoms with E-state index in [1.807, 2.05) is 32.0 Å². The van der Waals surface area contributed by atoms with Crippen LogP contribution in [-0.2, 0) is 22.6 Å². The summed E-state index contributed by atoms with van der Waals surface area (Å²) in [5, 5.41) is 2.77. The largest absolute Gasteiger partial charge is 0.343 e. The van der Waals surface area contributed by atoms with Crippen molar-refractivity contribution in [3.05, 3.63) is 35.4 Å². The zero-order valence-corrected chi connectivity index (χ0v) is 13.2. The molecule has 0 spiro atoms. The monoisotopic (exact) mass is 288 g/mol. The molecule has 2 unspecified atom stereocenters. The van der Waals surface area contributed by atoms with E-state index in [0.29, 0.717) is 6.54 Å². The Hall–Kier alpha value is -1.84. The maximum absolute atomic E-state index is 12.5. The Labute approximate surface area is 126 Å². The lowest BCUT2D eigenvalue weighted by molar-refractivity contribution is -0.151. The Morgan fingerprint density at radius 2 is 1.81 bits per heavy atom. The van der Waals surface area contributed by atoms with Gasteiger partial charge in [0.25, 0.3) is 0 Å². The number of carbonyl (C=O) groups is 2. The van der Waals surface area contributed by atoms with E-state index in [4.69, 9.17) is 0 Å². The molecule has 1 N–H and O–H groups in total. The van der Waals surface area contributed by atoms with E-state index in [-0.39, 0.29) is 17.7 Å². The number of hydrogen-bond donors (Lipinski definition) is 1. The van der Waals surface area contributed by atoms with Gasteiger partial charge in [-0.1, -0.05) is 45.0 Å². The molecule has 4 nitrogen and oxygen atoms in total. The number of nitrogens with one attached hydrogen (secondary N) is 1. The summed E-state index contributed by atoms with van der Waals surface area (Å²) in [5.74, 6) is 0.0422. The molecule has 1 saturated heterocycles. The van der Waals surface area contributed by atoms with Gasteiger partial charge in [0, 0.05) is 6.54 Å². The molecule has 0 aromatic heterocycles. The highest BCUT2D eigenvalue weighted by Crippen LogP contribution is 2.22. The average molecular weight is 288 g/mol. The molecular weight excluding hydrogens is 264 g/mol. The van der Waals surface area contributed by atoms with Gasteiger partial charge >= 0.3 is 0 Å². The van der Waals surface area contributed by atoms with Gasteiger partial charge in [0.1, 0.15) is 12.1 Å². The summed E-state index contributed by atoms with van der Waals surface area (Å²) in [6, 6.07) is 7.28. The van der Waals surface area contributed by atoms with Crippen LogP contribution in [0.15, 0.2) is 24.3 Å². The van der Waals surface area contributed by atoms with Crippen LogP contribution in [0.2, 0.25) is 0 Å². The number of aryl methyl sites for hydroxylation is 1. The first-order chi connectivity index (χ1) is 9.95. The van der Waals surface area contributed by atoms with Crippen LogP contribution in [0.3, 0.4) is 0 Å². The Kier molecular flexibility index (Phi) is 4.66. The van der Waals surface area contributed by atoms with Crippen molar-refractivity contribution in [2.24, 2.45) is 5.92 Å². The van der Waals surface area contributed by atoms with Crippen LogP contribution in [-0.4, -0.2) is 28.8 Å². The third-order valence-electron chi connectivity index (χ3n) is 4.09. The summed E-state index contributed by atoms with van der Waals surface area (Å²) in [6.07, 6.45) is 0.923. The van der Waals surface area contributed by atoms with E-state index in [1.165, 1.54) is 5.56 Å². The molecule has 1 aromatic rings. The van der Waals surface area contributed by atoms with Gasteiger partial charge in [-0.2, -0.15) is 0 Å². The van der Waals surface area contributed by atoms with E-state index >= 15 is 0 Å². The first kappa shape index (κ1) is 15.5. The summed E-state index contributed by atoms with van der Waals surface area (Å²) < 4.78 is 0. The minimum Gasteiger partial charge on any atom is -0.343 e. The Bertz CT molecular complexity index is 539. The number of amides is 2. The van der Waals surface area contributed by atoms with E-state index in [9.17, 15) is 9.59 Å². The second kappa shape index (κ2) is 6.29. The molecule has 1 aliphatic rings. The lowest BCUT2D eigenvalue weighted by atomic mass is 9.95. The summed E-state index contributed by atoms with van der Waals surface area (Å²) in [6.45, 7) is 8.31. The fourth-order valence-corrected chi connectivity index (χ4v) is 2.97. The molecule has 1 fully saturated rings. The molecular formula is C17H24N2O2. The van der Waals surface area contributed by atoms with Crippen LogP contribution in [0, 0.1) is 5.92 Å². The van der Waals surface area contributed by atoms with Crippen molar-refractivity contribution in [3.8, 4) is 0 Å². The number of hydrogen-bond acceptors (Lipinski definition) is 2. The number of benzene rings is 1. The lowest BCUT2D eigenvalue weighted by Gasteiger charge is -2.40. The highest BCUT2D eigenvalue weighted by molar-refractivity contribution is 5.96. The van der Waals surface area contributed by atoms with Crippen LogP contribution in [0.4, 0.5) is 0 Å². The van der Waals surface area contributed by atoms with Crippen molar-refractivity contribution in [2.45, 2.75) is 52.7 Å². The van der Waals surface area contributed by atoms with Gasteiger partial charge in [0.15, 0.2) is 0 Å². The maximum Gasteiger partial charge on any atom is 0.245 e. The lowest BCUT2D eigenvalue weighted by Crippen LogP contribution is -2.63. The quantitative estimate of drug-likeness (QED) is 0.922. The van der Waals surface area contributed by atoms with Gasteiger partial charge in [-0.25, -0.2) is 0 Å². The maximum atomic E-state index is 12.5. The number of carbonyl (C=O) groups excluding carboxylic acids is 2. The van der Waals surface area contributed by atoms with E-state index in [1.54, 1.807) is 11.8 Å². The van der Waals surface area contributed by atoms with Gasteiger partial charge in [0.05, 0.1) is 0 Å². The topological polar surface area (TPSA) is 49.4 Å². The molecule has 1 heterocycles. The fourth-order valence-electron chi connectivity index (χ4n) is 2.97. The predicted molar refractivity (Wildman–Crippen MR) is 82.6 cm³/mol. The Morgan fingerprint density at radius 1 is 1.19 bits per heavy atom. The third kappa shape index (κ3) is 3.09. The van der Waals surface area contributed by atoms with E-state index < -0.39 is 12.1 Å². The van der Waals surface area contributed by atoms with Crippen molar-refractivity contribution >= 4 is 11.8 Å². The van der Waals surface area contributed by atoms with Crippen LogP contribution >= 0.6 is 0 Å². The van der Waals surface area contributed by atoms with Gasteiger partial charge in [-0.3, -0.25) is 9.59 Å². The van der Waals surface area contributed by atoms with Crippen LogP contribution in [0.1, 0.15) is 38.8 Å². The molecule has 2 atom stereocenters. The fraction of sp³-hybridized carbons (Fsp3) is 0.529. The summed E-state index contributed by atoms with van der Waals surface area (Å²) in [4.78, 5) is 26.5. The normalized spacial score (nSPS) is 22.6. The Balaban J connectivity index is 2.33. The first-order valence-corrected chi connectivity index (χ1v) is 7.63. The minimum atomic E-state index is -0.443. The van der Waals surface area contributed by atoms with E-state index in [0.717, 1.165) is 12.0 Å². The van der Waals surface area contributed by atoms with Crippen LogP contribution in [0.5, 0.6) is 0 Å². The molecule has 2 rings (SSSR count). The average Bonchev–Trinajstić information content (AvgIpc) is 2.44. The van der Waals surface area contributed by atoms with E-state index in [2.05, 4.69) is 18.3 Å². The number of rotatable bonds is 4. The smallest absolute Gasteiger partial charge is 0.245 e. The zero-order valence-electron chi connectivity index (χ0n) is 13.2. The number of nitrogens with zero attached hydrogens (tertiary/aromatic N) is 1. The van der Waals surface area contributed by atoms with Crippen LogP contribution < -0.4 is 5.32 Å². The van der Waals surface area contributed by atoms with Crippen molar-refractivity contribution < 1.29 is 9.59 Å². The summed E-state index contributed by atoms with van der Waals surface area (Å²) in [7, 11) is 0. The zero-order chi connectivity index (χ0) is 15.6. The van der Waals surface area contributed by atoms with Crippen molar-refractivity contribution in [3.63, 3.8) is 0 Å². The standard InChI is InChI=1S/C17H24N2O2/c1-5-13-8-6-7-9-14(13)10-19-15(11(2)3)16(20)18-12(4)17(19)21/h6-9,11-12,15H,5,10H2,1-4H3,(H,18,20). The summed E-state index contributed by atoms with van der Waals surface area (Å²) in [5.41, 5.74) is 2.35. The molecule has 0 radical (unpaired) electrons. The molecule has 1 aromatic carbocycles. The predicted octanol–water partition coefficient (Wildman–Crippen LogP) is 2.12. The second-order valence-electron chi connectivity index (χ2n) is 6.01.